The number of hydrogen-bond donors (Lipinski definition) is 1. The van der Waals surface area contributed by atoms with E-state index in [9.17, 15) is 0 Å². The van der Waals surface area contributed by atoms with Crippen molar-refractivity contribution in [3.63, 3.8) is 0 Å². The van der Waals surface area contributed by atoms with Crippen LogP contribution in [0.3, 0.4) is 0 Å². The number of benzene rings is 1. The van der Waals surface area contributed by atoms with Crippen molar-refractivity contribution in [2.24, 2.45) is 4.99 Å². The van der Waals surface area contributed by atoms with Gasteiger partial charge in [-0.15, -0.1) is 0 Å². The Hall–Kier alpha value is -2.43. The van der Waals surface area contributed by atoms with Gasteiger partial charge in [-0.3, -0.25) is 9.98 Å². The lowest BCUT2D eigenvalue weighted by molar-refractivity contribution is 0.461. The minimum Gasteiger partial charge on any atom is -0.317 e. The molecule has 1 aliphatic rings. The van der Waals surface area contributed by atoms with Crippen molar-refractivity contribution >= 4 is 34.3 Å². The third-order valence-electron chi connectivity index (χ3n) is 5.43. The predicted octanol–water partition coefficient (Wildman–Crippen LogP) is 5.60. The van der Waals surface area contributed by atoms with E-state index >= 15 is 0 Å². The van der Waals surface area contributed by atoms with E-state index in [0.29, 0.717) is 5.92 Å². The van der Waals surface area contributed by atoms with Crippen molar-refractivity contribution in [3.05, 3.63) is 65.2 Å². The van der Waals surface area contributed by atoms with Crippen LogP contribution >= 0.6 is 11.6 Å². The number of rotatable bonds is 4. The molecule has 0 aliphatic carbocycles. The lowest BCUT2D eigenvalue weighted by atomic mass is 9.87. The zero-order chi connectivity index (χ0) is 19.5. The van der Waals surface area contributed by atoms with E-state index in [1.54, 1.807) is 0 Å². The molecular formula is C23H25ClN4. The lowest BCUT2D eigenvalue weighted by Gasteiger charge is -2.24. The number of piperidine rings is 1. The highest BCUT2D eigenvalue weighted by atomic mass is 35.5. The van der Waals surface area contributed by atoms with Crippen LogP contribution in [0.4, 0.5) is 0 Å². The molecule has 3 aromatic rings. The molecule has 0 saturated carbocycles. The van der Waals surface area contributed by atoms with Gasteiger partial charge in [0.1, 0.15) is 0 Å². The van der Waals surface area contributed by atoms with Gasteiger partial charge in [-0.05, 0) is 87.2 Å². The Kier molecular flexibility index (Phi) is 5.60. The molecule has 4 nitrogen and oxygen atoms in total. The molecule has 0 radical (unpaired) electrons. The number of hydrogen-bond acceptors (Lipinski definition) is 3. The summed E-state index contributed by atoms with van der Waals surface area (Å²) < 4.78 is 2.31. The first-order chi connectivity index (χ1) is 13.7. The Morgan fingerprint density at radius 1 is 1.21 bits per heavy atom. The van der Waals surface area contributed by atoms with Crippen LogP contribution in [0, 0.1) is 0 Å². The average Bonchev–Trinajstić information content (AvgIpc) is 3.08. The largest absolute Gasteiger partial charge is 0.317 e. The van der Waals surface area contributed by atoms with Crippen molar-refractivity contribution in [1.82, 2.24) is 14.9 Å². The number of halogens is 1. The van der Waals surface area contributed by atoms with E-state index in [4.69, 9.17) is 11.6 Å². The first kappa shape index (κ1) is 18.9. The summed E-state index contributed by atoms with van der Waals surface area (Å²) in [7, 11) is 0. The third-order valence-corrected chi connectivity index (χ3v) is 5.68. The minimum absolute atomic E-state index is 0.517. The molecule has 0 atom stereocenters. The van der Waals surface area contributed by atoms with Crippen LogP contribution in [0.15, 0.2) is 53.9 Å². The first-order valence-corrected chi connectivity index (χ1v) is 10.2. The number of allylic oxidation sites excluding steroid dienone is 1. The van der Waals surface area contributed by atoms with Crippen LogP contribution < -0.4 is 5.32 Å². The average molecular weight is 393 g/mol. The summed E-state index contributed by atoms with van der Waals surface area (Å²) >= 11 is 6.16. The molecule has 0 bridgehead atoms. The Bertz CT molecular complexity index is 1020. The fourth-order valence-electron chi connectivity index (χ4n) is 4.18. The standard InChI is InChI=1S/C23H25ClN4/c1-3-25-14-16(2)23-22(17-8-11-26-12-9-17)20-10-13-27-15-21(20)28(23)19-6-4-18(24)5-7-19/h3-7,10,13-15,17,26H,8-9,11-12H2,1-2H3/b16-14+,25-3-. The summed E-state index contributed by atoms with van der Waals surface area (Å²) in [6.45, 7) is 6.19. The summed E-state index contributed by atoms with van der Waals surface area (Å²) in [6.07, 6.45) is 9.92. The Balaban J connectivity index is 2.04. The number of pyridine rings is 1. The molecular weight excluding hydrogens is 368 g/mol. The van der Waals surface area contributed by atoms with Crippen LogP contribution in [0.25, 0.3) is 22.2 Å². The second-order valence-corrected chi connectivity index (χ2v) is 7.65. The topological polar surface area (TPSA) is 42.2 Å². The van der Waals surface area contributed by atoms with E-state index in [1.165, 1.54) is 16.6 Å². The quantitative estimate of drug-likeness (QED) is 0.587. The van der Waals surface area contributed by atoms with E-state index in [0.717, 1.165) is 47.7 Å². The van der Waals surface area contributed by atoms with Crippen molar-refractivity contribution in [1.29, 1.82) is 0 Å². The van der Waals surface area contributed by atoms with Crippen LogP contribution in [-0.4, -0.2) is 28.9 Å². The van der Waals surface area contributed by atoms with Crippen LogP contribution in [-0.2, 0) is 0 Å². The molecule has 1 aliphatic heterocycles. The van der Waals surface area contributed by atoms with Crippen molar-refractivity contribution in [2.75, 3.05) is 13.1 Å². The molecule has 5 heteroatoms. The van der Waals surface area contributed by atoms with Gasteiger partial charge >= 0.3 is 0 Å². The molecule has 1 fully saturated rings. The van der Waals surface area contributed by atoms with Crippen LogP contribution in [0.2, 0.25) is 5.02 Å². The lowest BCUT2D eigenvalue weighted by Crippen LogP contribution is -2.27. The molecule has 144 valence electrons. The van der Waals surface area contributed by atoms with Gasteiger partial charge in [0.25, 0.3) is 0 Å². The van der Waals surface area contributed by atoms with E-state index in [1.807, 2.05) is 43.9 Å². The molecule has 3 heterocycles. The van der Waals surface area contributed by atoms with E-state index in [-0.39, 0.29) is 0 Å². The Morgan fingerprint density at radius 2 is 1.96 bits per heavy atom. The molecule has 0 spiro atoms. The van der Waals surface area contributed by atoms with Gasteiger partial charge in [0.05, 0.1) is 17.4 Å². The maximum absolute atomic E-state index is 6.16. The fourth-order valence-corrected chi connectivity index (χ4v) is 4.30. The minimum atomic E-state index is 0.517. The molecule has 0 unspecified atom stereocenters. The van der Waals surface area contributed by atoms with Crippen molar-refractivity contribution in [3.8, 4) is 5.69 Å². The van der Waals surface area contributed by atoms with Crippen LogP contribution in [0.1, 0.15) is 43.9 Å². The highest BCUT2D eigenvalue weighted by molar-refractivity contribution is 6.30. The normalized spacial score (nSPS) is 16.3. The zero-order valence-corrected chi connectivity index (χ0v) is 17.1. The summed E-state index contributed by atoms with van der Waals surface area (Å²) in [4.78, 5) is 8.83. The SMILES string of the molecule is C/C=N\C=C(/C)c1c(C2CCNCC2)c2ccncc2n1-c1ccc(Cl)cc1. The third kappa shape index (κ3) is 3.50. The van der Waals surface area contributed by atoms with Gasteiger partial charge in [0.15, 0.2) is 0 Å². The fraction of sp³-hybridized carbons (Fsp3) is 0.304. The van der Waals surface area contributed by atoms with Gasteiger partial charge < -0.3 is 9.88 Å². The molecule has 0 amide bonds. The number of aliphatic imine (C=N–C) groups is 1. The summed E-state index contributed by atoms with van der Waals surface area (Å²) in [6, 6.07) is 10.2. The summed E-state index contributed by atoms with van der Waals surface area (Å²) in [5, 5.41) is 5.50. The van der Waals surface area contributed by atoms with Crippen molar-refractivity contribution < 1.29 is 0 Å². The Morgan fingerprint density at radius 3 is 2.68 bits per heavy atom. The van der Waals surface area contributed by atoms with Gasteiger partial charge in [-0.2, -0.15) is 0 Å². The first-order valence-electron chi connectivity index (χ1n) is 9.80. The second kappa shape index (κ2) is 8.29. The Labute approximate surface area is 171 Å². The number of nitrogens with one attached hydrogen (secondary N) is 1. The smallest absolute Gasteiger partial charge is 0.0721 e. The van der Waals surface area contributed by atoms with Gasteiger partial charge in [-0.1, -0.05) is 11.6 Å². The summed E-state index contributed by atoms with van der Waals surface area (Å²) in [5.74, 6) is 0.517. The zero-order valence-electron chi connectivity index (χ0n) is 16.3. The molecule has 1 aromatic carbocycles. The maximum atomic E-state index is 6.16. The van der Waals surface area contributed by atoms with Crippen LogP contribution in [0.5, 0.6) is 0 Å². The van der Waals surface area contributed by atoms with Gasteiger partial charge in [-0.25, -0.2) is 0 Å². The molecule has 1 saturated heterocycles. The van der Waals surface area contributed by atoms with Crippen molar-refractivity contribution in [2.45, 2.75) is 32.6 Å². The molecule has 1 N–H and O–H groups in total. The summed E-state index contributed by atoms with van der Waals surface area (Å²) in [5.41, 5.74) is 6.00. The second-order valence-electron chi connectivity index (χ2n) is 7.21. The molecule has 2 aromatic heterocycles. The van der Waals surface area contributed by atoms with E-state index in [2.05, 4.69) is 45.0 Å². The number of fused-ring (bicyclic) bond motifs is 1. The van der Waals surface area contributed by atoms with E-state index < -0.39 is 0 Å². The van der Waals surface area contributed by atoms with Gasteiger partial charge in [0, 0.05) is 34.7 Å². The number of nitrogens with zero attached hydrogens (tertiary/aromatic N) is 3. The number of aromatic nitrogens is 2. The highest BCUT2D eigenvalue weighted by Gasteiger charge is 2.26. The molecule has 4 rings (SSSR count). The highest BCUT2D eigenvalue weighted by Crippen LogP contribution is 2.40. The van der Waals surface area contributed by atoms with Gasteiger partial charge in [0.2, 0.25) is 0 Å². The predicted molar refractivity (Wildman–Crippen MR) is 119 cm³/mol. The maximum Gasteiger partial charge on any atom is 0.0721 e. The molecule has 28 heavy (non-hydrogen) atoms. The monoisotopic (exact) mass is 392 g/mol.